The second-order valence-corrected chi connectivity index (χ2v) is 6.56. The third kappa shape index (κ3) is 3.33. The molecule has 7 heteroatoms. The monoisotopic (exact) mass is 329 g/mol. The Bertz CT molecular complexity index is 649. The van der Waals surface area contributed by atoms with Crippen LogP contribution in [0.1, 0.15) is 31.5 Å². The third-order valence-electron chi connectivity index (χ3n) is 4.98. The Morgan fingerprint density at radius 2 is 2.00 bits per heavy atom. The van der Waals surface area contributed by atoms with E-state index in [9.17, 15) is 0 Å². The van der Waals surface area contributed by atoms with Crippen molar-refractivity contribution in [2.75, 3.05) is 19.8 Å². The SMILES string of the molecule is c1ccc(-n2nnnc2CN[C@@H]2CCOC3(CCOCC3)C2)cc1. The van der Waals surface area contributed by atoms with Crippen LogP contribution in [-0.2, 0) is 16.0 Å². The van der Waals surface area contributed by atoms with Crippen molar-refractivity contribution in [3.63, 3.8) is 0 Å². The second-order valence-electron chi connectivity index (χ2n) is 6.56. The lowest BCUT2D eigenvalue weighted by atomic mass is 9.84. The molecule has 0 amide bonds. The minimum absolute atomic E-state index is 0.000477. The standard InChI is InChI=1S/C17H23N5O2/c1-2-4-15(5-3-1)22-16(19-20-21-22)13-18-14-6-9-24-17(12-14)7-10-23-11-8-17/h1-5,14,18H,6-13H2/t14-/m1/s1. The average Bonchev–Trinajstić information content (AvgIpc) is 3.10. The zero-order chi connectivity index (χ0) is 16.2. The lowest BCUT2D eigenvalue weighted by Crippen LogP contribution is -2.49. The highest BCUT2D eigenvalue weighted by Crippen LogP contribution is 2.34. The summed E-state index contributed by atoms with van der Waals surface area (Å²) in [5, 5.41) is 15.7. The van der Waals surface area contributed by atoms with E-state index < -0.39 is 0 Å². The van der Waals surface area contributed by atoms with Crippen molar-refractivity contribution < 1.29 is 9.47 Å². The number of aromatic nitrogens is 4. The highest BCUT2D eigenvalue weighted by atomic mass is 16.5. The zero-order valence-electron chi connectivity index (χ0n) is 13.7. The molecule has 7 nitrogen and oxygen atoms in total. The van der Waals surface area contributed by atoms with E-state index in [0.29, 0.717) is 12.6 Å². The Kier molecular flexibility index (Phi) is 4.55. The normalized spacial score (nSPS) is 23.4. The Morgan fingerprint density at radius 3 is 2.83 bits per heavy atom. The van der Waals surface area contributed by atoms with Crippen molar-refractivity contribution in [2.24, 2.45) is 0 Å². The van der Waals surface area contributed by atoms with Crippen LogP contribution >= 0.6 is 0 Å². The summed E-state index contributed by atoms with van der Waals surface area (Å²) in [6, 6.07) is 10.4. The van der Waals surface area contributed by atoms with Gasteiger partial charge in [0.1, 0.15) is 0 Å². The highest BCUT2D eigenvalue weighted by Gasteiger charge is 2.38. The largest absolute Gasteiger partial charge is 0.381 e. The van der Waals surface area contributed by atoms with Crippen LogP contribution < -0.4 is 5.32 Å². The Balaban J connectivity index is 1.40. The molecule has 3 heterocycles. The van der Waals surface area contributed by atoms with E-state index in [0.717, 1.165) is 57.0 Å². The maximum absolute atomic E-state index is 6.10. The predicted octanol–water partition coefficient (Wildman–Crippen LogP) is 1.48. The number of hydrogen-bond donors (Lipinski definition) is 1. The quantitative estimate of drug-likeness (QED) is 0.916. The minimum Gasteiger partial charge on any atom is -0.381 e. The number of nitrogens with one attached hydrogen (secondary N) is 1. The Labute approximate surface area is 141 Å². The molecule has 2 fully saturated rings. The molecule has 0 saturated carbocycles. The van der Waals surface area contributed by atoms with Crippen LogP contribution in [-0.4, -0.2) is 51.7 Å². The maximum atomic E-state index is 6.10. The molecule has 1 aromatic heterocycles. The van der Waals surface area contributed by atoms with Crippen LogP contribution in [0.25, 0.3) is 5.69 Å². The second kappa shape index (κ2) is 6.96. The molecule has 1 aromatic carbocycles. The number of benzene rings is 1. The Morgan fingerprint density at radius 1 is 1.17 bits per heavy atom. The molecule has 2 aliphatic heterocycles. The lowest BCUT2D eigenvalue weighted by molar-refractivity contribution is -0.140. The van der Waals surface area contributed by atoms with Gasteiger partial charge in [0.25, 0.3) is 0 Å². The van der Waals surface area contributed by atoms with Crippen molar-refractivity contribution >= 4 is 0 Å². The van der Waals surface area contributed by atoms with Gasteiger partial charge < -0.3 is 14.8 Å². The van der Waals surface area contributed by atoms with Crippen LogP contribution in [0.3, 0.4) is 0 Å². The molecule has 2 aliphatic rings. The summed E-state index contributed by atoms with van der Waals surface area (Å²) in [6.07, 6.45) is 4.04. The molecule has 2 saturated heterocycles. The van der Waals surface area contributed by atoms with Crippen LogP contribution in [0.15, 0.2) is 30.3 Å². The van der Waals surface area contributed by atoms with E-state index in [1.807, 2.05) is 30.3 Å². The van der Waals surface area contributed by atoms with Gasteiger partial charge in [-0.25, -0.2) is 0 Å². The van der Waals surface area contributed by atoms with E-state index in [4.69, 9.17) is 9.47 Å². The molecule has 0 bridgehead atoms. The molecule has 0 aliphatic carbocycles. The van der Waals surface area contributed by atoms with Crippen LogP contribution in [0, 0.1) is 0 Å². The molecule has 0 unspecified atom stereocenters. The summed E-state index contributed by atoms with van der Waals surface area (Å²) in [4.78, 5) is 0. The van der Waals surface area contributed by atoms with E-state index in [2.05, 4.69) is 20.8 Å². The van der Waals surface area contributed by atoms with Gasteiger partial charge in [-0.2, -0.15) is 4.68 Å². The van der Waals surface area contributed by atoms with E-state index in [1.165, 1.54) is 0 Å². The molecule has 128 valence electrons. The van der Waals surface area contributed by atoms with Crippen LogP contribution in [0.4, 0.5) is 0 Å². The highest BCUT2D eigenvalue weighted by molar-refractivity contribution is 5.30. The average molecular weight is 329 g/mol. The first-order chi connectivity index (χ1) is 11.8. The molecule has 4 rings (SSSR count). The fraction of sp³-hybridized carbons (Fsp3) is 0.588. The van der Waals surface area contributed by atoms with Gasteiger partial charge in [-0.05, 0) is 48.2 Å². The van der Waals surface area contributed by atoms with Crippen molar-refractivity contribution in [1.82, 2.24) is 25.5 Å². The molecule has 1 atom stereocenters. The first-order valence-electron chi connectivity index (χ1n) is 8.62. The predicted molar refractivity (Wildman–Crippen MR) is 87.8 cm³/mol. The Hall–Kier alpha value is -1.83. The van der Waals surface area contributed by atoms with E-state index in [1.54, 1.807) is 4.68 Å². The van der Waals surface area contributed by atoms with Gasteiger partial charge in [-0.15, -0.1) is 5.10 Å². The molecule has 0 radical (unpaired) electrons. The van der Waals surface area contributed by atoms with Gasteiger partial charge >= 0.3 is 0 Å². The summed E-state index contributed by atoms with van der Waals surface area (Å²) in [6.45, 7) is 3.07. The first kappa shape index (κ1) is 15.7. The number of para-hydroxylation sites is 1. The van der Waals surface area contributed by atoms with Gasteiger partial charge in [-0.3, -0.25) is 0 Å². The first-order valence-corrected chi connectivity index (χ1v) is 8.62. The zero-order valence-corrected chi connectivity index (χ0v) is 13.7. The van der Waals surface area contributed by atoms with Crippen molar-refractivity contribution in [3.8, 4) is 5.69 Å². The van der Waals surface area contributed by atoms with Gasteiger partial charge in [0.05, 0.1) is 17.8 Å². The van der Waals surface area contributed by atoms with Crippen LogP contribution in [0.5, 0.6) is 0 Å². The van der Waals surface area contributed by atoms with Crippen molar-refractivity contribution in [3.05, 3.63) is 36.2 Å². The summed E-state index contributed by atoms with van der Waals surface area (Å²) in [5.74, 6) is 0.828. The molecular weight excluding hydrogens is 306 g/mol. The van der Waals surface area contributed by atoms with Gasteiger partial charge in [0.15, 0.2) is 5.82 Å². The number of hydrogen-bond acceptors (Lipinski definition) is 6. The minimum atomic E-state index is -0.000477. The number of rotatable bonds is 4. The van der Waals surface area contributed by atoms with Crippen molar-refractivity contribution in [1.29, 1.82) is 0 Å². The lowest BCUT2D eigenvalue weighted by Gasteiger charge is -2.43. The van der Waals surface area contributed by atoms with Crippen molar-refractivity contribution in [2.45, 2.75) is 43.9 Å². The molecule has 1 N–H and O–H groups in total. The van der Waals surface area contributed by atoms with E-state index in [-0.39, 0.29) is 5.60 Å². The number of ether oxygens (including phenoxy) is 2. The molecular formula is C17H23N5O2. The summed E-state index contributed by atoms with van der Waals surface area (Å²) in [5.41, 5.74) is 0.978. The van der Waals surface area contributed by atoms with Crippen LogP contribution in [0.2, 0.25) is 0 Å². The third-order valence-corrected chi connectivity index (χ3v) is 4.98. The fourth-order valence-corrected chi connectivity index (χ4v) is 3.62. The van der Waals surface area contributed by atoms with Gasteiger partial charge in [0.2, 0.25) is 0 Å². The summed E-state index contributed by atoms with van der Waals surface area (Å²) in [7, 11) is 0. The van der Waals surface area contributed by atoms with E-state index >= 15 is 0 Å². The summed E-state index contributed by atoms with van der Waals surface area (Å²) >= 11 is 0. The number of nitrogens with zero attached hydrogens (tertiary/aromatic N) is 4. The molecule has 24 heavy (non-hydrogen) atoms. The van der Waals surface area contributed by atoms with Gasteiger partial charge in [-0.1, -0.05) is 18.2 Å². The molecule has 1 spiro atoms. The fourth-order valence-electron chi connectivity index (χ4n) is 3.62. The molecule has 2 aromatic rings. The smallest absolute Gasteiger partial charge is 0.170 e. The van der Waals surface area contributed by atoms with Gasteiger partial charge in [0, 0.05) is 25.9 Å². The number of tetrazole rings is 1. The summed E-state index contributed by atoms with van der Waals surface area (Å²) < 4.78 is 13.4. The topological polar surface area (TPSA) is 74.1 Å². The maximum Gasteiger partial charge on any atom is 0.170 e.